The summed E-state index contributed by atoms with van der Waals surface area (Å²) in [6, 6.07) is 15.1. The first-order chi connectivity index (χ1) is 11.7. The van der Waals surface area contributed by atoms with E-state index in [0.29, 0.717) is 15.9 Å². The van der Waals surface area contributed by atoms with E-state index in [-0.39, 0.29) is 0 Å². The van der Waals surface area contributed by atoms with Gasteiger partial charge in [-0.1, -0.05) is 58.8 Å². The van der Waals surface area contributed by atoms with Gasteiger partial charge in [-0.3, -0.25) is 0 Å². The van der Waals surface area contributed by atoms with Crippen LogP contribution in [0.2, 0.25) is 10.0 Å². The topological polar surface area (TPSA) is 43.1 Å². The van der Waals surface area contributed by atoms with E-state index in [1.54, 1.807) is 4.52 Å². The van der Waals surface area contributed by atoms with Crippen LogP contribution in [-0.2, 0) is 0 Å². The second kappa shape index (κ2) is 6.36. The van der Waals surface area contributed by atoms with Gasteiger partial charge in [0.15, 0.2) is 5.82 Å². The van der Waals surface area contributed by atoms with Gasteiger partial charge in [0.1, 0.15) is 5.01 Å². The Labute approximate surface area is 152 Å². The lowest BCUT2D eigenvalue weighted by molar-refractivity contribution is 0.960. The number of aromatic nitrogens is 4. The monoisotopic (exact) mass is 372 g/mol. The van der Waals surface area contributed by atoms with Gasteiger partial charge in [-0.05, 0) is 42.0 Å². The molecule has 0 amide bonds. The van der Waals surface area contributed by atoms with Crippen molar-refractivity contribution in [2.24, 2.45) is 0 Å². The van der Waals surface area contributed by atoms with E-state index >= 15 is 0 Å². The lowest BCUT2D eigenvalue weighted by atomic mass is 10.2. The average molecular weight is 373 g/mol. The highest BCUT2D eigenvalue weighted by molar-refractivity contribution is 7.17. The highest BCUT2D eigenvalue weighted by Crippen LogP contribution is 2.24. The second-order valence-corrected chi connectivity index (χ2v) is 6.85. The molecule has 4 aromatic rings. The molecule has 0 aliphatic heterocycles. The van der Waals surface area contributed by atoms with Gasteiger partial charge in [0.05, 0.1) is 0 Å². The molecular weight excluding hydrogens is 363 g/mol. The van der Waals surface area contributed by atoms with E-state index in [1.165, 1.54) is 11.3 Å². The summed E-state index contributed by atoms with van der Waals surface area (Å²) in [5, 5.41) is 15.2. The Balaban J connectivity index is 1.69. The van der Waals surface area contributed by atoms with Crippen LogP contribution in [-0.4, -0.2) is 19.8 Å². The van der Waals surface area contributed by atoms with Crippen LogP contribution in [0, 0.1) is 0 Å². The Morgan fingerprint density at radius 3 is 2.50 bits per heavy atom. The second-order valence-electron chi connectivity index (χ2n) is 5.02. The summed E-state index contributed by atoms with van der Waals surface area (Å²) in [7, 11) is 0. The maximum atomic E-state index is 6.16. The molecule has 0 fully saturated rings. The van der Waals surface area contributed by atoms with Crippen LogP contribution in [0.3, 0.4) is 0 Å². The molecule has 4 nitrogen and oxygen atoms in total. The Morgan fingerprint density at radius 1 is 0.917 bits per heavy atom. The van der Waals surface area contributed by atoms with E-state index in [0.717, 1.165) is 21.1 Å². The molecule has 0 bridgehead atoms. The molecule has 0 saturated heterocycles. The van der Waals surface area contributed by atoms with Gasteiger partial charge in [0.25, 0.3) is 0 Å². The summed E-state index contributed by atoms with van der Waals surface area (Å²) in [6.45, 7) is 0. The van der Waals surface area contributed by atoms with E-state index in [4.69, 9.17) is 23.2 Å². The highest BCUT2D eigenvalue weighted by atomic mass is 35.5. The van der Waals surface area contributed by atoms with Gasteiger partial charge in [-0.15, -0.1) is 10.2 Å². The van der Waals surface area contributed by atoms with Crippen molar-refractivity contribution < 1.29 is 0 Å². The molecule has 2 heterocycles. The molecule has 0 aliphatic carbocycles. The molecule has 7 heteroatoms. The zero-order valence-electron chi connectivity index (χ0n) is 12.2. The Bertz CT molecular complexity index is 1030. The molecular formula is C17H10Cl2N4S. The summed E-state index contributed by atoms with van der Waals surface area (Å²) >= 11 is 13.6. The van der Waals surface area contributed by atoms with Crippen molar-refractivity contribution in [2.75, 3.05) is 0 Å². The lowest BCUT2D eigenvalue weighted by Crippen LogP contribution is -1.90. The largest absolute Gasteiger partial charge is 0.235 e. The van der Waals surface area contributed by atoms with Crippen LogP contribution < -0.4 is 0 Å². The minimum atomic E-state index is 0.682. The third-order valence-electron chi connectivity index (χ3n) is 3.42. The number of hydrogen-bond donors (Lipinski definition) is 0. The third-order valence-corrected chi connectivity index (χ3v) is 4.88. The van der Waals surface area contributed by atoms with Crippen LogP contribution >= 0.6 is 34.5 Å². The summed E-state index contributed by atoms with van der Waals surface area (Å²) < 4.78 is 1.74. The maximum absolute atomic E-state index is 6.16. The normalized spacial score (nSPS) is 11.6. The van der Waals surface area contributed by atoms with Crippen molar-refractivity contribution in [3.8, 4) is 11.4 Å². The molecule has 0 atom stereocenters. The quantitative estimate of drug-likeness (QED) is 0.488. The van der Waals surface area contributed by atoms with Gasteiger partial charge in [-0.2, -0.15) is 9.61 Å². The first-order valence-corrected chi connectivity index (χ1v) is 8.69. The fourth-order valence-corrected chi connectivity index (χ4v) is 3.32. The number of rotatable bonds is 3. The third kappa shape index (κ3) is 2.94. The van der Waals surface area contributed by atoms with Crippen molar-refractivity contribution in [3.63, 3.8) is 0 Å². The summed E-state index contributed by atoms with van der Waals surface area (Å²) in [5.74, 6) is 0.690. The molecule has 2 aromatic heterocycles. The number of fused-ring (bicyclic) bond motifs is 1. The zero-order valence-corrected chi connectivity index (χ0v) is 14.6. The first kappa shape index (κ1) is 15.3. The van der Waals surface area contributed by atoms with Gasteiger partial charge in [-0.25, -0.2) is 0 Å². The smallest absolute Gasteiger partial charge is 0.182 e. The van der Waals surface area contributed by atoms with Gasteiger partial charge in [0.2, 0.25) is 4.96 Å². The van der Waals surface area contributed by atoms with Crippen molar-refractivity contribution in [1.29, 1.82) is 0 Å². The van der Waals surface area contributed by atoms with Crippen LogP contribution in [0.25, 0.3) is 28.5 Å². The van der Waals surface area contributed by atoms with Crippen molar-refractivity contribution in [1.82, 2.24) is 19.8 Å². The molecule has 0 unspecified atom stereocenters. The first-order valence-electron chi connectivity index (χ1n) is 7.11. The number of halogens is 2. The van der Waals surface area contributed by atoms with E-state index in [1.807, 2.05) is 60.7 Å². The molecule has 118 valence electrons. The molecule has 2 aromatic carbocycles. The molecule has 0 saturated carbocycles. The average Bonchev–Trinajstić information content (AvgIpc) is 3.15. The van der Waals surface area contributed by atoms with E-state index in [2.05, 4.69) is 15.3 Å². The molecule has 0 aliphatic rings. The maximum Gasteiger partial charge on any atom is 0.235 e. The Hall–Kier alpha value is -2.21. The molecule has 0 spiro atoms. The van der Waals surface area contributed by atoms with Crippen molar-refractivity contribution in [2.45, 2.75) is 0 Å². The van der Waals surface area contributed by atoms with Crippen LogP contribution in [0.1, 0.15) is 10.6 Å². The zero-order chi connectivity index (χ0) is 16.5. The van der Waals surface area contributed by atoms with Crippen LogP contribution in [0.15, 0.2) is 48.5 Å². The standard InChI is InChI=1S/C17H10Cl2N4S/c18-13-8-5-12(6-9-13)16-20-21-17-23(16)22-15(24-17)10-7-11-3-1-2-4-14(11)19/h1-10H/b10-7+. The van der Waals surface area contributed by atoms with Gasteiger partial charge >= 0.3 is 0 Å². The fourth-order valence-electron chi connectivity index (χ4n) is 2.25. The van der Waals surface area contributed by atoms with E-state index < -0.39 is 0 Å². The highest BCUT2D eigenvalue weighted by Gasteiger charge is 2.12. The van der Waals surface area contributed by atoms with Crippen molar-refractivity contribution >= 4 is 51.7 Å². The van der Waals surface area contributed by atoms with Crippen molar-refractivity contribution in [3.05, 3.63) is 69.1 Å². The predicted molar refractivity (Wildman–Crippen MR) is 99.5 cm³/mol. The summed E-state index contributed by atoms with van der Waals surface area (Å²) in [6.07, 6.45) is 3.86. The fraction of sp³-hybridized carbons (Fsp3) is 0. The predicted octanol–water partition coefficient (Wildman–Crippen LogP) is 5.33. The molecule has 24 heavy (non-hydrogen) atoms. The SMILES string of the molecule is Clc1ccc(-c2nnc3sc(/C=C/c4ccccc4Cl)nn23)cc1. The number of nitrogens with zero attached hydrogens (tertiary/aromatic N) is 4. The van der Waals surface area contributed by atoms with Gasteiger partial charge in [0, 0.05) is 15.6 Å². The summed E-state index contributed by atoms with van der Waals surface area (Å²) in [4.78, 5) is 0.735. The molecule has 4 rings (SSSR count). The Morgan fingerprint density at radius 2 is 1.71 bits per heavy atom. The van der Waals surface area contributed by atoms with Crippen LogP contribution in [0.4, 0.5) is 0 Å². The molecule has 0 radical (unpaired) electrons. The number of hydrogen-bond acceptors (Lipinski definition) is 4. The van der Waals surface area contributed by atoms with E-state index in [9.17, 15) is 0 Å². The minimum Gasteiger partial charge on any atom is -0.182 e. The summed E-state index contributed by atoms with van der Waals surface area (Å²) in [5.41, 5.74) is 1.86. The number of benzene rings is 2. The minimum absolute atomic E-state index is 0.682. The Kier molecular flexibility index (Phi) is 4.06. The lowest BCUT2D eigenvalue weighted by Gasteiger charge is -1.96. The van der Waals surface area contributed by atoms with Gasteiger partial charge < -0.3 is 0 Å². The molecule has 0 N–H and O–H groups in total. The van der Waals surface area contributed by atoms with Crippen LogP contribution in [0.5, 0.6) is 0 Å².